The quantitative estimate of drug-likeness (QED) is 0.510. The van der Waals surface area contributed by atoms with Gasteiger partial charge in [0.05, 0.1) is 12.7 Å². The fraction of sp³-hybridized carbons (Fsp3) is 0.167. The second-order valence-electron chi connectivity index (χ2n) is 3.83. The monoisotopic (exact) mass is 250 g/mol. The van der Waals surface area contributed by atoms with Gasteiger partial charge in [-0.1, -0.05) is 0 Å². The number of aromatic hydroxyl groups is 2. The average molecular weight is 250 g/mol. The molecule has 0 aromatic heterocycles. The van der Waals surface area contributed by atoms with Crippen LogP contribution in [0.3, 0.4) is 0 Å². The Morgan fingerprint density at radius 2 is 1.67 bits per heavy atom. The molecule has 1 aliphatic rings. The maximum Gasteiger partial charge on any atom is 0.237 e. The highest BCUT2D eigenvalue weighted by atomic mass is 16.5. The lowest BCUT2D eigenvalue weighted by molar-refractivity contribution is -0.111. The number of hydrogen-bond donors (Lipinski definition) is 3. The molecule has 6 nitrogen and oxygen atoms in total. The SMILES string of the molecule is COc1cc2c(c(O)c1O)C(=O)C(=O)C(C)=C2O. The number of ether oxygens (including phenoxy) is 1. The van der Waals surface area contributed by atoms with Gasteiger partial charge in [-0.2, -0.15) is 0 Å². The summed E-state index contributed by atoms with van der Waals surface area (Å²) in [6.07, 6.45) is 0. The first-order valence-electron chi connectivity index (χ1n) is 5.02. The zero-order chi connectivity index (χ0) is 13.6. The van der Waals surface area contributed by atoms with Crippen LogP contribution >= 0.6 is 0 Å². The number of carbonyl (C=O) groups is 2. The lowest BCUT2D eigenvalue weighted by Gasteiger charge is -2.18. The van der Waals surface area contributed by atoms with Gasteiger partial charge in [-0.15, -0.1) is 0 Å². The number of phenolic OH excluding ortho intramolecular Hbond substituents is 2. The number of hydrogen-bond acceptors (Lipinski definition) is 6. The molecule has 0 fully saturated rings. The summed E-state index contributed by atoms with van der Waals surface area (Å²) < 4.78 is 4.80. The van der Waals surface area contributed by atoms with E-state index in [4.69, 9.17) is 4.74 Å². The summed E-state index contributed by atoms with van der Waals surface area (Å²) in [4.78, 5) is 23.3. The van der Waals surface area contributed by atoms with Crippen LogP contribution in [0.2, 0.25) is 0 Å². The van der Waals surface area contributed by atoms with Gasteiger partial charge in [0.25, 0.3) is 0 Å². The summed E-state index contributed by atoms with van der Waals surface area (Å²) in [7, 11) is 1.25. The number of allylic oxidation sites excluding steroid dienone is 1. The zero-order valence-electron chi connectivity index (χ0n) is 9.64. The molecule has 0 atom stereocenters. The van der Waals surface area contributed by atoms with Gasteiger partial charge in [-0.3, -0.25) is 9.59 Å². The van der Waals surface area contributed by atoms with Gasteiger partial charge in [0.2, 0.25) is 17.3 Å². The van der Waals surface area contributed by atoms with E-state index < -0.39 is 34.4 Å². The van der Waals surface area contributed by atoms with Gasteiger partial charge in [0.1, 0.15) is 5.76 Å². The van der Waals surface area contributed by atoms with Crippen molar-refractivity contribution in [2.24, 2.45) is 0 Å². The van der Waals surface area contributed by atoms with E-state index >= 15 is 0 Å². The van der Waals surface area contributed by atoms with Crippen LogP contribution in [0, 0.1) is 0 Å². The minimum absolute atomic E-state index is 0.0377. The van der Waals surface area contributed by atoms with Crippen LogP contribution in [0.4, 0.5) is 0 Å². The Morgan fingerprint density at radius 1 is 1.06 bits per heavy atom. The van der Waals surface area contributed by atoms with Gasteiger partial charge in [0, 0.05) is 11.1 Å². The van der Waals surface area contributed by atoms with E-state index in [-0.39, 0.29) is 16.9 Å². The molecule has 0 heterocycles. The molecule has 1 aromatic carbocycles. The number of fused-ring (bicyclic) bond motifs is 1. The second-order valence-corrected chi connectivity index (χ2v) is 3.83. The van der Waals surface area contributed by atoms with E-state index in [1.54, 1.807) is 0 Å². The summed E-state index contributed by atoms with van der Waals surface area (Å²) in [5, 5.41) is 29.1. The topological polar surface area (TPSA) is 104 Å². The van der Waals surface area contributed by atoms with E-state index in [9.17, 15) is 24.9 Å². The predicted octanol–water partition coefficient (Wildman–Crippen LogP) is 1.16. The molecule has 94 valence electrons. The van der Waals surface area contributed by atoms with Crippen molar-refractivity contribution in [3.8, 4) is 17.2 Å². The van der Waals surface area contributed by atoms with Crippen LogP contribution in [-0.4, -0.2) is 34.0 Å². The Bertz CT molecular complexity index is 611. The number of methoxy groups -OCH3 is 1. The third-order valence-corrected chi connectivity index (χ3v) is 2.84. The van der Waals surface area contributed by atoms with Crippen LogP contribution in [0.5, 0.6) is 17.2 Å². The normalized spacial score (nSPS) is 14.8. The molecule has 0 saturated carbocycles. The Kier molecular flexibility index (Phi) is 2.50. The third kappa shape index (κ3) is 1.35. The Balaban J connectivity index is 2.88. The first-order valence-corrected chi connectivity index (χ1v) is 5.02. The molecule has 18 heavy (non-hydrogen) atoms. The van der Waals surface area contributed by atoms with Crippen LogP contribution in [0.25, 0.3) is 5.76 Å². The van der Waals surface area contributed by atoms with Gasteiger partial charge < -0.3 is 20.1 Å². The first kappa shape index (κ1) is 12.0. The minimum Gasteiger partial charge on any atom is -0.507 e. The largest absolute Gasteiger partial charge is 0.507 e. The number of rotatable bonds is 1. The van der Waals surface area contributed by atoms with Gasteiger partial charge in [-0.05, 0) is 13.0 Å². The number of phenols is 2. The molecule has 1 aliphatic carbocycles. The van der Waals surface area contributed by atoms with Crippen molar-refractivity contribution in [2.45, 2.75) is 6.92 Å². The highest BCUT2D eigenvalue weighted by molar-refractivity contribution is 6.52. The summed E-state index contributed by atoms with van der Waals surface area (Å²) in [5.41, 5.74) is -0.565. The fourth-order valence-corrected chi connectivity index (χ4v) is 1.80. The number of aliphatic hydroxyl groups excluding tert-OH is 1. The molecular formula is C12H10O6. The number of ketones is 2. The smallest absolute Gasteiger partial charge is 0.237 e. The van der Waals surface area contributed by atoms with Crippen molar-refractivity contribution in [1.29, 1.82) is 0 Å². The molecule has 0 spiro atoms. The number of benzene rings is 1. The Morgan fingerprint density at radius 3 is 2.22 bits per heavy atom. The fourth-order valence-electron chi connectivity index (χ4n) is 1.80. The highest BCUT2D eigenvalue weighted by Crippen LogP contribution is 2.44. The molecular weight excluding hydrogens is 240 g/mol. The Labute approximate surface area is 102 Å². The van der Waals surface area contributed by atoms with Gasteiger partial charge in [0.15, 0.2) is 11.5 Å². The lowest BCUT2D eigenvalue weighted by atomic mass is 9.88. The van der Waals surface area contributed by atoms with Crippen molar-refractivity contribution < 1.29 is 29.6 Å². The van der Waals surface area contributed by atoms with Gasteiger partial charge in [-0.25, -0.2) is 0 Å². The maximum absolute atomic E-state index is 11.7. The number of carbonyl (C=O) groups excluding carboxylic acids is 2. The van der Waals surface area contributed by atoms with Crippen molar-refractivity contribution in [2.75, 3.05) is 7.11 Å². The number of aliphatic hydroxyl groups is 1. The van der Waals surface area contributed by atoms with Crippen LogP contribution < -0.4 is 4.74 Å². The molecule has 3 N–H and O–H groups in total. The maximum atomic E-state index is 11.7. The van der Waals surface area contributed by atoms with Crippen molar-refractivity contribution >= 4 is 17.3 Å². The van der Waals surface area contributed by atoms with E-state index in [0.29, 0.717) is 0 Å². The molecule has 2 rings (SSSR count). The van der Waals surface area contributed by atoms with E-state index in [2.05, 4.69) is 0 Å². The molecule has 0 bridgehead atoms. The molecule has 1 aromatic rings. The van der Waals surface area contributed by atoms with Gasteiger partial charge >= 0.3 is 0 Å². The second kappa shape index (κ2) is 3.76. The summed E-state index contributed by atoms with van der Waals surface area (Å²) >= 11 is 0. The standard InChI is InChI=1S/C12H10O6/c1-4-8(13)5-3-6(18-2)10(15)12(17)7(5)11(16)9(4)14/h3,13,15,17H,1-2H3. The lowest BCUT2D eigenvalue weighted by Crippen LogP contribution is -2.23. The first-order chi connectivity index (χ1) is 8.40. The summed E-state index contributed by atoms with van der Waals surface area (Å²) in [6.45, 7) is 1.30. The van der Waals surface area contributed by atoms with Crippen LogP contribution in [0.1, 0.15) is 22.8 Å². The van der Waals surface area contributed by atoms with Crippen molar-refractivity contribution in [3.05, 3.63) is 22.8 Å². The zero-order valence-corrected chi connectivity index (χ0v) is 9.64. The summed E-state index contributed by atoms with van der Waals surface area (Å²) in [6, 6.07) is 1.19. The molecule has 0 amide bonds. The molecule has 0 aliphatic heterocycles. The molecule has 0 unspecified atom stereocenters. The minimum atomic E-state index is -0.976. The van der Waals surface area contributed by atoms with Crippen molar-refractivity contribution in [3.63, 3.8) is 0 Å². The Hall–Kier alpha value is -2.50. The predicted molar refractivity (Wildman–Crippen MR) is 60.9 cm³/mol. The molecule has 0 radical (unpaired) electrons. The molecule has 0 saturated heterocycles. The van der Waals surface area contributed by atoms with Crippen LogP contribution in [0.15, 0.2) is 11.6 Å². The van der Waals surface area contributed by atoms with E-state index in [1.807, 2.05) is 0 Å². The average Bonchev–Trinajstić information content (AvgIpc) is 2.36. The molecule has 6 heteroatoms. The van der Waals surface area contributed by atoms with E-state index in [0.717, 1.165) is 0 Å². The van der Waals surface area contributed by atoms with E-state index in [1.165, 1.54) is 20.1 Å². The van der Waals surface area contributed by atoms with Crippen LogP contribution in [-0.2, 0) is 4.79 Å². The highest BCUT2D eigenvalue weighted by Gasteiger charge is 2.35. The summed E-state index contributed by atoms with van der Waals surface area (Å²) in [5.74, 6) is -3.84. The van der Waals surface area contributed by atoms with Crippen molar-refractivity contribution in [1.82, 2.24) is 0 Å². The third-order valence-electron chi connectivity index (χ3n) is 2.84. The number of Topliss-reactive ketones (excluding diaryl/α,β-unsaturated/α-hetero) is 2.